The van der Waals surface area contributed by atoms with Crippen LogP contribution >= 0.6 is 22.7 Å². The van der Waals surface area contributed by atoms with E-state index in [0.29, 0.717) is 5.69 Å². The average molecular weight is 326 g/mol. The molecule has 1 amide bonds. The highest BCUT2D eigenvalue weighted by Crippen LogP contribution is 2.27. The molecular formula is C12H10N2O3S3. The molecule has 1 atom stereocenters. The van der Waals surface area contributed by atoms with Crippen molar-refractivity contribution in [2.45, 2.75) is 6.04 Å². The summed E-state index contributed by atoms with van der Waals surface area (Å²) >= 11 is 2.95. The summed E-state index contributed by atoms with van der Waals surface area (Å²) in [7, 11) is -3.16. The average Bonchev–Trinajstić information content (AvgIpc) is 3.08. The molecule has 2 aromatic heterocycles. The van der Waals surface area contributed by atoms with Crippen molar-refractivity contribution in [3.05, 3.63) is 40.1 Å². The van der Waals surface area contributed by atoms with Crippen LogP contribution in [0.3, 0.4) is 0 Å². The van der Waals surface area contributed by atoms with Crippen LogP contribution in [0.1, 0.15) is 10.5 Å². The summed E-state index contributed by atoms with van der Waals surface area (Å²) < 4.78 is 22.5. The molecule has 3 rings (SSSR count). The molecule has 104 valence electrons. The normalized spacial score (nSPS) is 20.1. The molecule has 0 spiro atoms. The lowest BCUT2D eigenvalue weighted by atomic mass is 10.3. The first-order valence-corrected chi connectivity index (χ1v) is 9.22. The van der Waals surface area contributed by atoms with Crippen molar-refractivity contribution in [1.82, 2.24) is 10.3 Å². The van der Waals surface area contributed by atoms with Crippen molar-refractivity contribution in [3.8, 4) is 9.88 Å². The minimum Gasteiger partial charge on any atom is -0.343 e. The molecule has 0 aliphatic carbocycles. The first kappa shape index (κ1) is 13.5. The van der Waals surface area contributed by atoms with Crippen LogP contribution in [0.5, 0.6) is 0 Å². The van der Waals surface area contributed by atoms with E-state index in [1.807, 2.05) is 17.5 Å². The Balaban J connectivity index is 1.71. The van der Waals surface area contributed by atoms with Crippen molar-refractivity contribution in [2.75, 3.05) is 5.75 Å². The van der Waals surface area contributed by atoms with Crippen LogP contribution in [0.2, 0.25) is 0 Å². The molecule has 1 N–H and O–H groups in total. The van der Waals surface area contributed by atoms with Gasteiger partial charge >= 0.3 is 0 Å². The number of nitrogens with one attached hydrogen (secondary N) is 1. The van der Waals surface area contributed by atoms with Crippen LogP contribution in [0.25, 0.3) is 9.88 Å². The Morgan fingerprint density at radius 1 is 1.40 bits per heavy atom. The molecule has 0 saturated carbocycles. The van der Waals surface area contributed by atoms with Crippen molar-refractivity contribution >= 4 is 38.4 Å². The van der Waals surface area contributed by atoms with Gasteiger partial charge in [0.2, 0.25) is 0 Å². The summed E-state index contributed by atoms with van der Waals surface area (Å²) in [5, 5.41) is 8.21. The van der Waals surface area contributed by atoms with Gasteiger partial charge in [0, 0.05) is 10.8 Å². The fraction of sp³-hybridized carbons (Fsp3) is 0.167. The topological polar surface area (TPSA) is 76.1 Å². The molecule has 3 heterocycles. The number of amides is 1. The van der Waals surface area contributed by atoms with Gasteiger partial charge in [0.15, 0.2) is 9.84 Å². The van der Waals surface area contributed by atoms with E-state index in [1.54, 1.807) is 16.7 Å². The summed E-state index contributed by atoms with van der Waals surface area (Å²) in [6, 6.07) is 3.40. The second-order valence-corrected chi connectivity index (χ2v) is 7.99. The van der Waals surface area contributed by atoms with Gasteiger partial charge in [0.05, 0.1) is 16.7 Å². The second-order valence-electron chi connectivity index (χ2n) is 4.25. The first-order chi connectivity index (χ1) is 9.53. The summed E-state index contributed by atoms with van der Waals surface area (Å²) in [5.74, 6) is -0.434. The molecule has 0 fully saturated rings. The minimum atomic E-state index is -3.16. The quantitative estimate of drug-likeness (QED) is 0.935. The van der Waals surface area contributed by atoms with E-state index in [9.17, 15) is 13.2 Å². The van der Waals surface area contributed by atoms with Crippen molar-refractivity contribution in [3.63, 3.8) is 0 Å². The Labute approximate surface area is 123 Å². The van der Waals surface area contributed by atoms with Gasteiger partial charge in [-0.05, 0) is 17.5 Å². The van der Waals surface area contributed by atoms with Crippen molar-refractivity contribution in [2.24, 2.45) is 0 Å². The molecule has 1 aliphatic rings. The highest BCUT2D eigenvalue weighted by Gasteiger charge is 2.24. The molecule has 0 unspecified atom stereocenters. The number of thiophene rings is 1. The molecule has 8 heteroatoms. The standard InChI is InChI=1S/C12H10N2O3S3/c15-11(13-8-3-5-20(16,17)7-8)9-6-19-12(14-9)10-2-1-4-18-10/h1-6,8H,7H2,(H,13,15)/t8-/m1/s1. The zero-order valence-electron chi connectivity index (χ0n) is 10.1. The van der Waals surface area contributed by atoms with Gasteiger partial charge in [-0.3, -0.25) is 4.79 Å². The van der Waals surface area contributed by atoms with E-state index in [1.165, 1.54) is 17.4 Å². The number of hydrogen-bond acceptors (Lipinski definition) is 6. The predicted molar refractivity (Wildman–Crippen MR) is 79.6 cm³/mol. The number of aromatic nitrogens is 1. The molecule has 2 aromatic rings. The number of carbonyl (C=O) groups is 1. The van der Waals surface area contributed by atoms with E-state index in [-0.39, 0.29) is 11.7 Å². The summed E-state index contributed by atoms with van der Waals surface area (Å²) in [6.45, 7) is 0. The summed E-state index contributed by atoms with van der Waals surface area (Å²) in [6.07, 6.45) is 1.49. The Kier molecular flexibility index (Phi) is 3.45. The van der Waals surface area contributed by atoms with Gasteiger partial charge in [-0.15, -0.1) is 22.7 Å². The van der Waals surface area contributed by atoms with Gasteiger partial charge < -0.3 is 5.32 Å². The molecule has 0 radical (unpaired) electrons. The molecule has 20 heavy (non-hydrogen) atoms. The second kappa shape index (κ2) is 5.12. The SMILES string of the molecule is O=C(N[C@@H]1C=CS(=O)(=O)C1)c1csc(-c2cccs2)n1. The smallest absolute Gasteiger partial charge is 0.271 e. The third-order valence-corrected chi connectivity index (χ3v) is 5.99. The van der Waals surface area contributed by atoms with Gasteiger partial charge in [-0.1, -0.05) is 6.07 Å². The monoisotopic (exact) mass is 326 g/mol. The van der Waals surface area contributed by atoms with Gasteiger partial charge in [-0.2, -0.15) is 0 Å². The lowest BCUT2D eigenvalue weighted by Crippen LogP contribution is -2.35. The fourth-order valence-corrected chi connectivity index (χ4v) is 4.65. The highest BCUT2D eigenvalue weighted by molar-refractivity contribution is 7.94. The summed E-state index contributed by atoms with van der Waals surface area (Å²) in [4.78, 5) is 17.3. The third-order valence-electron chi connectivity index (χ3n) is 2.72. The van der Waals surface area contributed by atoms with E-state index in [0.717, 1.165) is 15.3 Å². The maximum Gasteiger partial charge on any atom is 0.271 e. The zero-order valence-corrected chi connectivity index (χ0v) is 12.6. The van der Waals surface area contributed by atoms with E-state index >= 15 is 0 Å². The number of thiazole rings is 1. The number of carbonyl (C=O) groups excluding carboxylic acids is 1. The van der Waals surface area contributed by atoms with Crippen molar-refractivity contribution in [1.29, 1.82) is 0 Å². The van der Waals surface area contributed by atoms with Crippen LogP contribution in [0.15, 0.2) is 34.4 Å². The van der Waals surface area contributed by atoms with Crippen molar-refractivity contribution < 1.29 is 13.2 Å². The zero-order chi connectivity index (χ0) is 14.2. The predicted octanol–water partition coefficient (Wildman–Crippen LogP) is 1.91. The number of hydrogen-bond donors (Lipinski definition) is 1. The van der Waals surface area contributed by atoms with Crippen LogP contribution < -0.4 is 5.32 Å². The summed E-state index contributed by atoms with van der Waals surface area (Å²) in [5.41, 5.74) is 0.316. The maximum atomic E-state index is 12.0. The Hall–Kier alpha value is -1.51. The van der Waals surface area contributed by atoms with Gasteiger partial charge in [0.25, 0.3) is 5.91 Å². The number of sulfone groups is 1. The highest BCUT2D eigenvalue weighted by atomic mass is 32.2. The first-order valence-electron chi connectivity index (χ1n) is 5.75. The number of rotatable bonds is 3. The van der Waals surface area contributed by atoms with Crippen LogP contribution in [0.4, 0.5) is 0 Å². The largest absolute Gasteiger partial charge is 0.343 e. The fourth-order valence-electron chi connectivity index (χ4n) is 1.80. The van der Waals surface area contributed by atoms with Gasteiger partial charge in [0.1, 0.15) is 10.7 Å². The van der Waals surface area contributed by atoms with E-state index in [4.69, 9.17) is 0 Å². The van der Waals surface area contributed by atoms with Crippen LogP contribution in [-0.4, -0.2) is 31.1 Å². The number of nitrogens with zero attached hydrogens (tertiary/aromatic N) is 1. The lowest BCUT2D eigenvalue weighted by molar-refractivity contribution is 0.0943. The Morgan fingerprint density at radius 2 is 2.25 bits per heavy atom. The molecule has 0 bridgehead atoms. The molecule has 0 aromatic carbocycles. The molecule has 5 nitrogen and oxygen atoms in total. The van der Waals surface area contributed by atoms with E-state index < -0.39 is 15.9 Å². The maximum absolute atomic E-state index is 12.0. The van der Waals surface area contributed by atoms with E-state index in [2.05, 4.69) is 10.3 Å². The van der Waals surface area contributed by atoms with Gasteiger partial charge in [-0.25, -0.2) is 13.4 Å². The Bertz CT molecular complexity index is 760. The molecule has 1 aliphatic heterocycles. The van der Waals surface area contributed by atoms with Crippen LogP contribution in [-0.2, 0) is 9.84 Å². The Morgan fingerprint density at radius 3 is 2.90 bits per heavy atom. The lowest BCUT2D eigenvalue weighted by Gasteiger charge is -2.07. The third kappa shape index (κ3) is 2.82. The van der Waals surface area contributed by atoms with Crippen LogP contribution in [0, 0.1) is 0 Å². The molecule has 0 saturated heterocycles. The minimum absolute atomic E-state index is 0.0827. The molecular weight excluding hydrogens is 316 g/mol.